The second-order valence-electron chi connectivity index (χ2n) is 5.30. The van der Waals surface area contributed by atoms with E-state index < -0.39 is 17.5 Å². The van der Waals surface area contributed by atoms with Crippen LogP contribution in [0.3, 0.4) is 0 Å². The Bertz CT molecular complexity index is 745. The predicted molar refractivity (Wildman–Crippen MR) is 88.8 cm³/mol. The molecule has 0 fully saturated rings. The van der Waals surface area contributed by atoms with Crippen LogP contribution in [0.1, 0.15) is 19.4 Å². The van der Waals surface area contributed by atoms with Gasteiger partial charge in [0.1, 0.15) is 6.54 Å². The van der Waals surface area contributed by atoms with Crippen LogP contribution in [0.4, 0.5) is 20.2 Å². The zero-order valence-corrected chi connectivity index (χ0v) is 13.5. The molecule has 0 atom stereocenters. The molecule has 0 aromatic heterocycles. The lowest BCUT2D eigenvalue weighted by molar-refractivity contribution is -0.120. The number of nitrogens with one attached hydrogen (secondary N) is 1. The number of hydrogen-bond acceptors (Lipinski definition) is 2. The summed E-state index contributed by atoms with van der Waals surface area (Å²) in [7, 11) is 0. The molecular weight excluding hydrogens is 314 g/mol. The fourth-order valence-corrected chi connectivity index (χ4v) is 2.21. The molecule has 24 heavy (non-hydrogen) atoms. The third kappa shape index (κ3) is 4.38. The first kappa shape index (κ1) is 17.6. The molecule has 2 amide bonds. The van der Waals surface area contributed by atoms with Crippen molar-refractivity contribution in [3.05, 3.63) is 59.7 Å². The van der Waals surface area contributed by atoms with E-state index in [9.17, 15) is 18.4 Å². The van der Waals surface area contributed by atoms with E-state index in [0.29, 0.717) is 5.69 Å². The van der Waals surface area contributed by atoms with Crippen molar-refractivity contribution in [2.24, 2.45) is 0 Å². The lowest BCUT2D eigenvalue weighted by Gasteiger charge is -2.21. The summed E-state index contributed by atoms with van der Waals surface area (Å²) >= 11 is 0. The zero-order valence-electron chi connectivity index (χ0n) is 13.5. The Balaban J connectivity index is 2.10. The van der Waals surface area contributed by atoms with Crippen LogP contribution < -0.4 is 10.2 Å². The molecule has 0 aliphatic carbocycles. The molecule has 0 radical (unpaired) electrons. The van der Waals surface area contributed by atoms with Crippen LogP contribution in [-0.2, 0) is 16.0 Å². The third-order valence-electron chi connectivity index (χ3n) is 3.54. The molecule has 0 spiro atoms. The topological polar surface area (TPSA) is 49.4 Å². The SMILES string of the molecule is CCc1ccc(N(CC(=O)Nc2ccc(F)c(F)c2)C(C)=O)cc1. The first-order valence-electron chi connectivity index (χ1n) is 7.52. The van der Waals surface area contributed by atoms with E-state index in [1.54, 1.807) is 12.1 Å². The summed E-state index contributed by atoms with van der Waals surface area (Å²) in [6, 6.07) is 10.4. The van der Waals surface area contributed by atoms with Gasteiger partial charge in [-0.3, -0.25) is 9.59 Å². The molecule has 6 heteroatoms. The molecule has 1 N–H and O–H groups in total. The molecule has 4 nitrogen and oxygen atoms in total. The Labute approximate surface area is 139 Å². The van der Waals surface area contributed by atoms with Gasteiger partial charge in [0.15, 0.2) is 11.6 Å². The van der Waals surface area contributed by atoms with Crippen LogP contribution >= 0.6 is 0 Å². The van der Waals surface area contributed by atoms with E-state index in [1.807, 2.05) is 19.1 Å². The lowest BCUT2D eigenvalue weighted by atomic mass is 10.1. The number of carbonyl (C=O) groups excluding carboxylic acids is 2. The van der Waals surface area contributed by atoms with Crippen molar-refractivity contribution in [3.8, 4) is 0 Å². The fraction of sp³-hybridized carbons (Fsp3) is 0.222. The molecule has 2 aromatic carbocycles. The quantitative estimate of drug-likeness (QED) is 0.911. The average molecular weight is 332 g/mol. The van der Waals surface area contributed by atoms with Crippen molar-refractivity contribution in [1.29, 1.82) is 0 Å². The average Bonchev–Trinajstić information content (AvgIpc) is 2.56. The highest BCUT2D eigenvalue weighted by Crippen LogP contribution is 2.17. The predicted octanol–water partition coefficient (Wildman–Crippen LogP) is 3.52. The van der Waals surface area contributed by atoms with Gasteiger partial charge in [-0.05, 0) is 36.2 Å². The highest BCUT2D eigenvalue weighted by Gasteiger charge is 2.16. The lowest BCUT2D eigenvalue weighted by Crippen LogP contribution is -2.36. The summed E-state index contributed by atoms with van der Waals surface area (Å²) in [5.74, 6) is -2.84. The maximum absolute atomic E-state index is 13.2. The number of nitrogens with zero attached hydrogens (tertiary/aromatic N) is 1. The number of hydrogen-bond donors (Lipinski definition) is 1. The van der Waals surface area contributed by atoms with Gasteiger partial charge < -0.3 is 10.2 Å². The highest BCUT2D eigenvalue weighted by molar-refractivity contribution is 6.01. The molecule has 0 unspecified atom stereocenters. The minimum atomic E-state index is -1.05. The van der Waals surface area contributed by atoms with Crippen molar-refractivity contribution in [3.63, 3.8) is 0 Å². The largest absolute Gasteiger partial charge is 0.324 e. The summed E-state index contributed by atoms with van der Waals surface area (Å²) in [6.45, 7) is 3.16. The molecule has 2 rings (SSSR count). The second-order valence-corrected chi connectivity index (χ2v) is 5.30. The van der Waals surface area contributed by atoms with Crippen LogP contribution in [-0.4, -0.2) is 18.4 Å². The standard InChI is InChI=1S/C18H18F2N2O2/c1-3-13-4-7-15(8-5-13)22(12(2)23)11-18(24)21-14-6-9-16(19)17(20)10-14/h4-10H,3,11H2,1-2H3,(H,21,24). The van der Waals surface area contributed by atoms with Gasteiger partial charge in [0.2, 0.25) is 11.8 Å². The molecule has 0 aliphatic rings. The van der Waals surface area contributed by atoms with Gasteiger partial charge in [-0.15, -0.1) is 0 Å². The van der Waals surface area contributed by atoms with Crippen LogP contribution in [0.5, 0.6) is 0 Å². The van der Waals surface area contributed by atoms with Crippen molar-refractivity contribution in [1.82, 2.24) is 0 Å². The number of aryl methyl sites for hydroxylation is 1. The molecule has 0 heterocycles. The number of carbonyl (C=O) groups is 2. The summed E-state index contributed by atoms with van der Waals surface area (Å²) < 4.78 is 26.1. The number of anilines is 2. The first-order valence-corrected chi connectivity index (χ1v) is 7.52. The van der Waals surface area contributed by atoms with Gasteiger partial charge in [-0.1, -0.05) is 19.1 Å². The molecule has 0 bridgehead atoms. The Morgan fingerprint density at radius 1 is 1.04 bits per heavy atom. The van der Waals surface area contributed by atoms with Crippen molar-refractivity contribution < 1.29 is 18.4 Å². The Morgan fingerprint density at radius 2 is 1.71 bits per heavy atom. The number of rotatable bonds is 5. The minimum absolute atomic E-state index is 0.128. The van der Waals surface area contributed by atoms with E-state index >= 15 is 0 Å². The number of amides is 2. The van der Waals surface area contributed by atoms with E-state index in [2.05, 4.69) is 5.32 Å². The monoisotopic (exact) mass is 332 g/mol. The maximum atomic E-state index is 13.2. The molecule has 126 valence electrons. The van der Waals surface area contributed by atoms with Gasteiger partial charge in [-0.25, -0.2) is 8.78 Å². The highest BCUT2D eigenvalue weighted by atomic mass is 19.2. The van der Waals surface area contributed by atoms with Gasteiger partial charge in [0.25, 0.3) is 0 Å². The molecule has 2 aromatic rings. The summed E-state index contributed by atoms with van der Waals surface area (Å²) in [4.78, 5) is 25.2. The molecule has 0 aliphatic heterocycles. The normalized spacial score (nSPS) is 10.3. The Morgan fingerprint density at radius 3 is 2.25 bits per heavy atom. The van der Waals surface area contributed by atoms with Crippen LogP contribution in [0.2, 0.25) is 0 Å². The third-order valence-corrected chi connectivity index (χ3v) is 3.54. The number of benzene rings is 2. The maximum Gasteiger partial charge on any atom is 0.244 e. The van der Waals surface area contributed by atoms with Crippen molar-refractivity contribution in [2.45, 2.75) is 20.3 Å². The van der Waals surface area contributed by atoms with Crippen LogP contribution in [0, 0.1) is 11.6 Å². The van der Waals surface area contributed by atoms with Crippen molar-refractivity contribution >= 4 is 23.2 Å². The van der Waals surface area contributed by atoms with Gasteiger partial charge in [0, 0.05) is 24.4 Å². The Kier molecular flexibility index (Phi) is 5.63. The van der Waals surface area contributed by atoms with E-state index in [0.717, 1.165) is 24.1 Å². The summed E-state index contributed by atoms with van der Waals surface area (Å²) in [5, 5.41) is 2.45. The smallest absolute Gasteiger partial charge is 0.244 e. The van der Waals surface area contributed by atoms with Gasteiger partial charge >= 0.3 is 0 Å². The minimum Gasteiger partial charge on any atom is -0.324 e. The van der Waals surface area contributed by atoms with Gasteiger partial charge in [-0.2, -0.15) is 0 Å². The molecule has 0 saturated carbocycles. The van der Waals surface area contributed by atoms with Crippen molar-refractivity contribution in [2.75, 3.05) is 16.8 Å². The van der Waals surface area contributed by atoms with Gasteiger partial charge in [0.05, 0.1) is 0 Å². The number of halogens is 2. The second kappa shape index (κ2) is 7.68. The fourth-order valence-electron chi connectivity index (χ4n) is 2.21. The summed E-state index contributed by atoms with van der Waals surface area (Å²) in [5.41, 5.74) is 1.84. The van der Waals surface area contributed by atoms with Crippen LogP contribution in [0.15, 0.2) is 42.5 Å². The van der Waals surface area contributed by atoms with Crippen LogP contribution in [0.25, 0.3) is 0 Å². The summed E-state index contributed by atoms with van der Waals surface area (Å²) in [6.07, 6.45) is 0.872. The first-order chi connectivity index (χ1) is 11.4. The van der Waals surface area contributed by atoms with E-state index in [4.69, 9.17) is 0 Å². The Hall–Kier alpha value is -2.76. The molecular formula is C18H18F2N2O2. The molecule has 0 saturated heterocycles. The van der Waals surface area contributed by atoms with E-state index in [-0.39, 0.29) is 18.1 Å². The van der Waals surface area contributed by atoms with E-state index in [1.165, 1.54) is 17.9 Å². The zero-order chi connectivity index (χ0) is 17.7.